The first-order valence-corrected chi connectivity index (χ1v) is 21.8. The normalized spacial score (nSPS) is 18.2. The number of carbonyl (C=O) groups is 4. The molecule has 4 fully saturated rings. The first kappa shape index (κ1) is 42.7. The Labute approximate surface area is 362 Å². The third kappa shape index (κ3) is 10.2. The molecule has 0 atom stereocenters. The summed E-state index contributed by atoms with van der Waals surface area (Å²) in [4.78, 5) is 63.3. The fourth-order valence-electron chi connectivity index (χ4n) is 8.88. The van der Waals surface area contributed by atoms with E-state index in [2.05, 4.69) is 44.7 Å². The number of hydrogen-bond acceptors (Lipinski definition) is 9. The molecule has 324 valence electrons. The molecule has 62 heavy (non-hydrogen) atoms. The third-order valence-corrected chi connectivity index (χ3v) is 12.7. The predicted molar refractivity (Wildman–Crippen MR) is 235 cm³/mol. The summed E-state index contributed by atoms with van der Waals surface area (Å²) in [6, 6.07) is 22.4. The standard InChI is InChI=1S/C48H55FN8O5/c1-32-5-2-3-8-40(32)44(53-52-31-58)26-33-9-12-42(49)41(25-33)47(60)57-23-21-55(22-24-57)45(59)30-54-17-13-38(14-18-54)62-39-15-19-56(20-16-39)48(61)46-43(50)28-37(29-51-46)36-7-4-6-35(27-36)34-10-11-34/h2-9,12,25,27-29,31,34,38-39H,10-11,13-24,26,30,50H2,1H3,(H,52,58)/b53-44-. The SMILES string of the molecule is Cc1ccccc1/C(Cc1ccc(F)c(C(=O)N2CCN(C(=O)CN3CCC(OC4CCN(C(=O)c5ncc(-c6cccc(C7CC7)c6)cc5N)CC4)CC3)CC2)c1)=N\NC=O. The molecule has 1 aliphatic carbocycles. The Morgan fingerprint density at radius 3 is 2.18 bits per heavy atom. The number of nitrogen functional groups attached to an aromatic ring is 1. The van der Waals surface area contributed by atoms with Gasteiger partial charge in [-0.2, -0.15) is 5.10 Å². The van der Waals surface area contributed by atoms with Crippen LogP contribution in [0.1, 0.15) is 87.5 Å². The van der Waals surface area contributed by atoms with E-state index in [4.69, 9.17) is 10.5 Å². The average molecular weight is 843 g/mol. The van der Waals surface area contributed by atoms with Gasteiger partial charge < -0.3 is 25.2 Å². The number of pyridine rings is 1. The van der Waals surface area contributed by atoms with Crippen LogP contribution in [0.4, 0.5) is 10.1 Å². The van der Waals surface area contributed by atoms with Gasteiger partial charge in [0.1, 0.15) is 5.82 Å². The number of nitrogens with one attached hydrogen (secondary N) is 1. The van der Waals surface area contributed by atoms with Gasteiger partial charge in [-0.15, -0.1) is 0 Å². The van der Waals surface area contributed by atoms with Gasteiger partial charge in [0.15, 0.2) is 5.69 Å². The lowest BCUT2D eigenvalue weighted by Gasteiger charge is -2.38. The van der Waals surface area contributed by atoms with Crippen molar-refractivity contribution in [2.45, 2.75) is 70.0 Å². The predicted octanol–water partition coefficient (Wildman–Crippen LogP) is 5.42. The summed E-state index contributed by atoms with van der Waals surface area (Å²) in [6.07, 6.45) is 8.28. The second-order valence-electron chi connectivity index (χ2n) is 16.9. The largest absolute Gasteiger partial charge is 0.397 e. The van der Waals surface area contributed by atoms with E-state index >= 15 is 4.39 Å². The van der Waals surface area contributed by atoms with Crippen LogP contribution in [0.5, 0.6) is 0 Å². The third-order valence-electron chi connectivity index (χ3n) is 12.7. The van der Waals surface area contributed by atoms with E-state index in [1.165, 1.54) is 24.5 Å². The lowest BCUT2D eigenvalue weighted by Crippen LogP contribution is -2.53. The summed E-state index contributed by atoms with van der Waals surface area (Å²) in [5, 5.41) is 4.23. The van der Waals surface area contributed by atoms with Crippen molar-refractivity contribution in [2.75, 3.05) is 64.6 Å². The molecule has 3 N–H and O–H groups in total. The number of piperazine rings is 1. The number of likely N-dealkylation sites (tertiary alicyclic amines) is 2. The molecule has 1 aromatic heterocycles. The number of rotatable bonds is 13. The highest BCUT2D eigenvalue weighted by atomic mass is 19.1. The first-order chi connectivity index (χ1) is 30.1. The minimum Gasteiger partial charge on any atom is -0.397 e. The molecular weight excluding hydrogens is 788 g/mol. The maximum absolute atomic E-state index is 15.1. The molecule has 0 radical (unpaired) electrons. The Morgan fingerprint density at radius 1 is 0.790 bits per heavy atom. The highest BCUT2D eigenvalue weighted by Gasteiger charge is 2.32. The van der Waals surface area contributed by atoms with Gasteiger partial charge in [0, 0.05) is 76.1 Å². The number of aromatic nitrogens is 1. The van der Waals surface area contributed by atoms with Crippen LogP contribution in [0.15, 0.2) is 84.1 Å². The number of benzene rings is 3. The van der Waals surface area contributed by atoms with Crippen LogP contribution >= 0.6 is 0 Å². The summed E-state index contributed by atoms with van der Waals surface area (Å²) in [5.41, 5.74) is 15.8. The number of aryl methyl sites for hydroxylation is 1. The molecule has 4 aromatic rings. The molecule has 3 saturated heterocycles. The molecule has 1 saturated carbocycles. The van der Waals surface area contributed by atoms with Gasteiger partial charge in [0.2, 0.25) is 12.3 Å². The van der Waals surface area contributed by atoms with Crippen molar-refractivity contribution in [3.05, 3.63) is 118 Å². The number of carbonyl (C=O) groups excluding carboxylic acids is 4. The van der Waals surface area contributed by atoms with E-state index in [9.17, 15) is 19.2 Å². The zero-order chi connectivity index (χ0) is 43.2. The fraction of sp³-hybridized carbons (Fsp3) is 0.417. The molecule has 4 heterocycles. The molecule has 8 rings (SSSR count). The van der Waals surface area contributed by atoms with Crippen molar-refractivity contribution in [1.29, 1.82) is 0 Å². The van der Waals surface area contributed by atoms with E-state index in [1.54, 1.807) is 28.1 Å². The number of hydrazone groups is 1. The van der Waals surface area contributed by atoms with Gasteiger partial charge >= 0.3 is 0 Å². The summed E-state index contributed by atoms with van der Waals surface area (Å²) in [6.45, 7) is 6.24. The Bertz CT molecular complexity index is 2310. The second kappa shape index (κ2) is 19.4. The number of ether oxygens (including phenoxy) is 1. The smallest absolute Gasteiger partial charge is 0.274 e. The van der Waals surface area contributed by atoms with E-state index in [-0.39, 0.29) is 36.0 Å². The highest BCUT2D eigenvalue weighted by molar-refractivity contribution is 6.03. The highest BCUT2D eigenvalue weighted by Crippen LogP contribution is 2.41. The maximum Gasteiger partial charge on any atom is 0.274 e. The van der Waals surface area contributed by atoms with Crippen LogP contribution < -0.4 is 11.2 Å². The number of piperidine rings is 2. The van der Waals surface area contributed by atoms with Crippen LogP contribution in [0, 0.1) is 12.7 Å². The van der Waals surface area contributed by atoms with Gasteiger partial charge in [0.25, 0.3) is 11.8 Å². The van der Waals surface area contributed by atoms with Crippen LogP contribution in [-0.4, -0.2) is 126 Å². The molecule has 4 aliphatic rings. The molecule has 0 spiro atoms. The van der Waals surface area contributed by atoms with Gasteiger partial charge in [0.05, 0.1) is 35.7 Å². The molecule has 13 nitrogen and oxygen atoms in total. The summed E-state index contributed by atoms with van der Waals surface area (Å²) in [7, 11) is 0. The van der Waals surface area contributed by atoms with Crippen LogP contribution in [-0.2, 0) is 20.7 Å². The zero-order valence-corrected chi connectivity index (χ0v) is 35.3. The minimum atomic E-state index is -0.615. The topological polar surface area (TPSA) is 154 Å². The zero-order valence-electron chi connectivity index (χ0n) is 35.3. The Kier molecular flexibility index (Phi) is 13.3. The van der Waals surface area contributed by atoms with E-state index in [0.29, 0.717) is 80.8 Å². The van der Waals surface area contributed by atoms with Crippen molar-refractivity contribution in [3.8, 4) is 11.1 Å². The van der Waals surface area contributed by atoms with Gasteiger partial charge in [-0.05, 0) is 91.8 Å². The van der Waals surface area contributed by atoms with Gasteiger partial charge in [-0.3, -0.25) is 24.1 Å². The van der Waals surface area contributed by atoms with Crippen molar-refractivity contribution in [2.24, 2.45) is 5.10 Å². The number of nitrogens with two attached hydrogens (primary N) is 1. The van der Waals surface area contributed by atoms with Crippen LogP contribution in [0.2, 0.25) is 0 Å². The first-order valence-electron chi connectivity index (χ1n) is 21.8. The molecule has 0 unspecified atom stereocenters. The van der Waals surface area contributed by atoms with E-state index in [0.717, 1.165) is 61.0 Å². The molecule has 3 aromatic carbocycles. The molecule has 14 heteroatoms. The quantitative estimate of drug-likeness (QED) is 0.103. The van der Waals surface area contributed by atoms with Gasteiger partial charge in [-0.1, -0.05) is 54.6 Å². The van der Waals surface area contributed by atoms with Gasteiger partial charge in [-0.25, -0.2) is 14.8 Å². The summed E-state index contributed by atoms with van der Waals surface area (Å²) in [5.74, 6) is -0.519. The molecule has 0 bridgehead atoms. The average Bonchev–Trinajstić information content (AvgIpc) is 4.15. The molecule has 3 aliphatic heterocycles. The van der Waals surface area contributed by atoms with E-state index < -0.39 is 11.7 Å². The molecule has 4 amide bonds. The van der Waals surface area contributed by atoms with Crippen molar-refractivity contribution in [3.63, 3.8) is 0 Å². The molecular formula is C48H55FN8O5. The number of hydrogen-bond donors (Lipinski definition) is 2. The van der Waals surface area contributed by atoms with Crippen molar-refractivity contribution < 1.29 is 28.3 Å². The lowest BCUT2D eigenvalue weighted by molar-refractivity contribution is -0.135. The van der Waals surface area contributed by atoms with Crippen molar-refractivity contribution >= 4 is 35.5 Å². The Hall–Kier alpha value is -5.99. The number of halogens is 1. The summed E-state index contributed by atoms with van der Waals surface area (Å²) >= 11 is 0. The fourth-order valence-corrected chi connectivity index (χ4v) is 8.88. The Balaban J connectivity index is 0.754. The van der Waals surface area contributed by atoms with Crippen LogP contribution in [0.25, 0.3) is 11.1 Å². The summed E-state index contributed by atoms with van der Waals surface area (Å²) < 4.78 is 21.6. The Morgan fingerprint density at radius 2 is 1.48 bits per heavy atom. The monoisotopic (exact) mass is 842 g/mol. The second-order valence-corrected chi connectivity index (χ2v) is 16.9. The number of amides is 4. The number of nitrogens with zero attached hydrogens (tertiary/aromatic N) is 6. The maximum atomic E-state index is 15.1. The minimum absolute atomic E-state index is 0.0150. The van der Waals surface area contributed by atoms with Crippen LogP contribution in [0.3, 0.4) is 0 Å². The number of anilines is 1. The lowest BCUT2D eigenvalue weighted by atomic mass is 9.97. The van der Waals surface area contributed by atoms with E-state index in [1.807, 2.05) is 42.2 Å². The van der Waals surface area contributed by atoms with Crippen molar-refractivity contribution in [1.82, 2.24) is 30.0 Å².